The van der Waals surface area contributed by atoms with Crippen LogP contribution in [0.5, 0.6) is 0 Å². The third-order valence-electron chi connectivity index (χ3n) is 3.01. The third-order valence-corrected chi connectivity index (χ3v) is 4.96. The lowest BCUT2D eigenvalue weighted by molar-refractivity contribution is 0.507. The number of hydrogen-bond donors (Lipinski definition) is 1. The van der Waals surface area contributed by atoms with Crippen LogP contribution in [-0.4, -0.2) is 15.5 Å². The number of aromatic nitrogens is 2. The summed E-state index contributed by atoms with van der Waals surface area (Å²) in [7, 11) is 0. The van der Waals surface area contributed by atoms with E-state index in [-0.39, 0.29) is 6.04 Å². The summed E-state index contributed by atoms with van der Waals surface area (Å²) in [6.07, 6.45) is 2.92. The summed E-state index contributed by atoms with van der Waals surface area (Å²) in [6, 6.07) is 8.82. The predicted molar refractivity (Wildman–Crippen MR) is 79.3 cm³/mol. The maximum absolute atomic E-state index is 6.08. The van der Waals surface area contributed by atoms with Gasteiger partial charge in [-0.25, -0.2) is 4.68 Å². The van der Waals surface area contributed by atoms with Crippen LogP contribution in [0.3, 0.4) is 0 Å². The summed E-state index contributed by atoms with van der Waals surface area (Å²) in [5, 5.41) is 4.41. The smallest absolute Gasteiger partial charge is 0.135 e. The number of halogens is 1. The number of nitrogen functional groups attached to an aromatic ring is 1. The molecule has 3 rings (SSSR count). The molecule has 0 bridgehead atoms. The molecule has 0 saturated carbocycles. The van der Waals surface area contributed by atoms with Gasteiger partial charge in [0, 0.05) is 10.6 Å². The standard InChI is InChI=1S/C12H12IN3S/c13-9-7-15-16(12(9)14)10-5-6-17-11-4-2-1-3-8(10)11/h1-4,7,10H,5-6,14H2. The summed E-state index contributed by atoms with van der Waals surface area (Å²) >= 11 is 4.14. The van der Waals surface area contributed by atoms with E-state index in [9.17, 15) is 0 Å². The van der Waals surface area contributed by atoms with Crippen molar-refractivity contribution in [1.82, 2.24) is 9.78 Å². The summed E-state index contributed by atoms with van der Waals surface area (Å²) < 4.78 is 2.98. The van der Waals surface area contributed by atoms with Crippen LogP contribution in [0.4, 0.5) is 5.82 Å². The maximum atomic E-state index is 6.08. The highest BCUT2D eigenvalue weighted by Crippen LogP contribution is 2.39. The second kappa shape index (κ2) is 4.53. The first kappa shape index (κ1) is 11.4. The Balaban J connectivity index is 2.09. The quantitative estimate of drug-likeness (QED) is 0.798. The van der Waals surface area contributed by atoms with E-state index in [1.54, 1.807) is 0 Å². The monoisotopic (exact) mass is 357 g/mol. The van der Waals surface area contributed by atoms with E-state index in [4.69, 9.17) is 5.73 Å². The van der Waals surface area contributed by atoms with Gasteiger partial charge in [0.25, 0.3) is 0 Å². The molecule has 1 unspecified atom stereocenters. The first-order chi connectivity index (χ1) is 8.27. The number of thioether (sulfide) groups is 1. The molecule has 1 aliphatic rings. The topological polar surface area (TPSA) is 43.8 Å². The van der Waals surface area contributed by atoms with Crippen molar-refractivity contribution < 1.29 is 0 Å². The zero-order valence-electron chi connectivity index (χ0n) is 9.14. The van der Waals surface area contributed by atoms with Crippen molar-refractivity contribution >= 4 is 40.2 Å². The molecule has 0 spiro atoms. The van der Waals surface area contributed by atoms with Crippen LogP contribution in [0.1, 0.15) is 18.0 Å². The Labute approximate surface area is 118 Å². The molecule has 0 radical (unpaired) electrons. The van der Waals surface area contributed by atoms with Gasteiger partial charge in [0.05, 0.1) is 15.8 Å². The van der Waals surface area contributed by atoms with E-state index in [0.29, 0.717) is 0 Å². The Hall–Kier alpha value is -0.690. The second-order valence-electron chi connectivity index (χ2n) is 4.01. The van der Waals surface area contributed by atoms with E-state index < -0.39 is 0 Å². The van der Waals surface area contributed by atoms with Gasteiger partial charge in [-0.3, -0.25) is 0 Å². The fourth-order valence-electron chi connectivity index (χ4n) is 2.18. The van der Waals surface area contributed by atoms with Crippen molar-refractivity contribution in [3.63, 3.8) is 0 Å². The molecule has 17 heavy (non-hydrogen) atoms. The van der Waals surface area contributed by atoms with Crippen LogP contribution in [0.2, 0.25) is 0 Å². The fraction of sp³-hybridized carbons (Fsp3) is 0.250. The number of rotatable bonds is 1. The molecule has 1 aliphatic heterocycles. The zero-order valence-corrected chi connectivity index (χ0v) is 12.1. The molecule has 1 aromatic heterocycles. The van der Waals surface area contributed by atoms with Gasteiger partial charge in [0.15, 0.2) is 0 Å². The minimum atomic E-state index is 0.288. The molecule has 5 heteroatoms. The van der Waals surface area contributed by atoms with Crippen molar-refractivity contribution in [2.45, 2.75) is 17.4 Å². The normalized spacial score (nSPS) is 19.0. The van der Waals surface area contributed by atoms with Crippen molar-refractivity contribution in [2.75, 3.05) is 11.5 Å². The van der Waals surface area contributed by atoms with Crippen molar-refractivity contribution in [3.05, 3.63) is 39.6 Å². The van der Waals surface area contributed by atoms with Crippen LogP contribution in [-0.2, 0) is 0 Å². The summed E-state index contributed by atoms with van der Waals surface area (Å²) in [5.41, 5.74) is 7.42. The molecule has 0 saturated heterocycles. The number of fused-ring (bicyclic) bond motifs is 1. The van der Waals surface area contributed by atoms with E-state index in [2.05, 4.69) is 52.0 Å². The first-order valence-electron chi connectivity index (χ1n) is 5.47. The lowest BCUT2D eigenvalue weighted by atomic mass is 10.0. The number of anilines is 1. The van der Waals surface area contributed by atoms with Gasteiger partial charge < -0.3 is 5.73 Å². The highest BCUT2D eigenvalue weighted by Gasteiger charge is 2.24. The van der Waals surface area contributed by atoms with Crippen LogP contribution < -0.4 is 5.73 Å². The SMILES string of the molecule is Nc1c(I)cnn1C1CCSc2ccccc21. The van der Waals surface area contributed by atoms with Crippen LogP contribution >= 0.6 is 34.4 Å². The largest absolute Gasteiger partial charge is 0.383 e. The van der Waals surface area contributed by atoms with Gasteiger partial charge in [-0.1, -0.05) is 18.2 Å². The van der Waals surface area contributed by atoms with E-state index in [0.717, 1.165) is 21.6 Å². The van der Waals surface area contributed by atoms with Gasteiger partial charge in [-0.15, -0.1) is 11.8 Å². The highest BCUT2D eigenvalue weighted by atomic mass is 127. The Kier molecular flexibility index (Phi) is 3.04. The maximum Gasteiger partial charge on any atom is 0.135 e. The summed E-state index contributed by atoms with van der Waals surface area (Å²) in [5.74, 6) is 1.90. The van der Waals surface area contributed by atoms with Crippen LogP contribution in [0.25, 0.3) is 0 Å². The first-order valence-corrected chi connectivity index (χ1v) is 7.54. The molecule has 0 aliphatic carbocycles. The number of hydrogen-bond acceptors (Lipinski definition) is 3. The van der Waals surface area contributed by atoms with E-state index >= 15 is 0 Å². The number of benzene rings is 1. The molecule has 2 N–H and O–H groups in total. The lowest BCUT2D eigenvalue weighted by Crippen LogP contribution is -2.18. The molecule has 0 fully saturated rings. The predicted octanol–water partition coefficient (Wildman–Crippen LogP) is 3.16. The molecule has 1 aromatic carbocycles. The Bertz CT molecular complexity index is 552. The van der Waals surface area contributed by atoms with Gasteiger partial charge in [-0.2, -0.15) is 5.10 Å². The van der Waals surface area contributed by atoms with Crippen LogP contribution in [0, 0.1) is 3.57 Å². The van der Waals surface area contributed by atoms with Crippen molar-refractivity contribution in [1.29, 1.82) is 0 Å². The minimum Gasteiger partial charge on any atom is -0.383 e. The highest BCUT2D eigenvalue weighted by molar-refractivity contribution is 14.1. The fourth-order valence-corrected chi connectivity index (χ4v) is 3.65. The Morgan fingerprint density at radius 1 is 1.41 bits per heavy atom. The Morgan fingerprint density at radius 3 is 3.00 bits per heavy atom. The average molecular weight is 357 g/mol. The Morgan fingerprint density at radius 2 is 2.24 bits per heavy atom. The van der Waals surface area contributed by atoms with Gasteiger partial charge in [-0.05, 0) is 40.6 Å². The molecular formula is C12H12IN3S. The van der Waals surface area contributed by atoms with E-state index in [1.165, 1.54) is 10.5 Å². The van der Waals surface area contributed by atoms with Gasteiger partial charge in [0.1, 0.15) is 5.82 Å². The molecule has 3 nitrogen and oxygen atoms in total. The third kappa shape index (κ3) is 1.95. The number of nitrogens with two attached hydrogens (primary N) is 1. The molecule has 88 valence electrons. The van der Waals surface area contributed by atoms with Crippen molar-refractivity contribution in [3.8, 4) is 0 Å². The number of nitrogens with zero attached hydrogens (tertiary/aromatic N) is 2. The van der Waals surface area contributed by atoms with E-state index in [1.807, 2.05) is 22.6 Å². The summed E-state index contributed by atoms with van der Waals surface area (Å²) in [4.78, 5) is 1.36. The molecule has 1 atom stereocenters. The minimum absolute atomic E-state index is 0.288. The average Bonchev–Trinajstić information content (AvgIpc) is 2.69. The molecule has 2 aromatic rings. The molecule has 0 amide bonds. The second-order valence-corrected chi connectivity index (χ2v) is 6.31. The zero-order chi connectivity index (χ0) is 11.8. The molecular weight excluding hydrogens is 345 g/mol. The van der Waals surface area contributed by atoms with Crippen molar-refractivity contribution in [2.24, 2.45) is 0 Å². The molecule has 2 heterocycles. The summed E-state index contributed by atoms with van der Waals surface area (Å²) in [6.45, 7) is 0. The lowest BCUT2D eigenvalue weighted by Gasteiger charge is -2.26. The van der Waals surface area contributed by atoms with Gasteiger partial charge in [0.2, 0.25) is 0 Å². The van der Waals surface area contributed by atoms with Gasteiger partial charge >= 0.3 is 0 Å². The van der Waals surface area contributed by atoms with Crippen LogP contribution in [0.15, 0.2) is 35.4 Å².